The van der Waals surface area contributed by atoms with Crippen LogP contribution >= 0.6 is 0 Å². The van der Waals surface area contributed by atoms with Crippen molar-refractivity contribution in [2.24, 2.45) is 5.92 Å². The van der Waals surface area contributed by atoms with Crippen LogP contribution in [0.15, 0.2) is 18.2 Å². The number of rotatable bonds is 4. The molecule has 0 amide bonds. The summed E-state index contributed by atoms with van der Waals surface area (Å²) in [5, 5.41) is 0. The summed E-state index contributed by atoms with van der Waals surface area (Å²) < 4.78 is 36.3. The maximum absolute atomic E-state index is 13.2. The second kappa shape index (κ2) is 5.23. The largest absolute Gasteiger partial charge is 0.480 e. The Bertz CT molecular complexity index is 394. The van der Waals surface area contributed by atoms with Crippen LogP contribution in [0.1, 0.15) is 6.42 Å². The normalized spacial score (nSPS) is 19.3. The van der Waals surface area contributed by atoms with Gasteiger partial charge >= 0.3 is 0 Å². The summed E-state index contributed by atoms with van der Waals surface area (Å²) in [7, 11) is 0. The van der Waals surface area contributed by atoms with Gasteiger partial charge in [-0.05, 0) is 18.6 Å². The minimum atomic E-state index is -0.805. The Labute approximate surface area is 97.3 Å². The highest BCUT2D eigenvalue weighted by Crippen LogP contribution is 2.21. The average molecular weight is 242 g/mol. The van der Waals surface area contributed by atoms with Crippen molar-refractivity contribution in [2.45, 2.75) is 6.42 Å². The van der Waals surface area contributed by atoms with E-state index in [0.29, 0.717) is 19.6 Å². The quantitative estimate of drug-likeness (QED) is 0.809. The molecule has 0 N–H and O–H groups in total. The summed E-state index contributed by atoms with van der Waals surface area (Å²) in [4.78, 5) is 11.6. The van der Waals surface area contributed by atoms with Crippen molar-refractivity contribution < 1.29 is 23.0 Å². The van der Waals surface area contributed by atoms with E-state index in [1.165, 1.54) is 6.07 Å². The fraction of sp³-hybridized carbons (Fsp3) is 0.417. The second-order valence-corrected chi connectivity index (χ2v) is 3.87. The minimum absolute atomic E-state index is 0.190. The van der Waals surface area contributed by atoms with Crippen LogP contribution in [0.2, 0.25) is 0 Å². The van der Waals surface area contributed by atoms with Crippen LogP contribution in [0.25, 0.3) is 0 Å². The van der Waals surface area contributed by atoms with Crippen molar-refractivity contribution in [1.82, 2.24) is 0 Å². The van der Waals surface area contributed by atoms with Gasteiger partial charge in [-0.1, -0.05) is 6.07 Å². The molecule has 0 saturated carbocycles. The molecule has 0 radical (unpaired) electrons. The third-order valence-corrected chi connectivity index (χ3v) is 2.66. The maximum atomic E-state index is 13.2. The molecule has 2 rings (SSSR count). The molecule has 1 unspecified atom stereocenters. The van der Waals surface area contributed by atoms with Crippen LogP contribution in [0.4, 0.5) is 8.78 Å². The van der Waals surface area contributed by atoms with Gasteiger partial charge in [0.2, 0.25) is 0 Å². The molecule has 1 saturated heterocycles. The van der Waals surface area contributed by atoms with Gasteiger partial charge in [0.15, 0.2) is 23.2 Å². The molecule has 0 aliphatic carbocycles. The Kier molecular flexibility index (Phi) is 3.68. The lowest BCUT2D eigenvalue weighted by Gasteiger charge is -2.09. The van der Waals surface area contributed by atoms with Gasteiger partial charge in [0.05, 0.1) is 6.61 Å². The number of ketones is 1. The van der Waals surface area contributed by atoms with Gasteiger partial charge in [-0.2, -0.15) is 0 Å². The van der Waals surface area contributed by atoms with Gasteiger partial charge < -0.3 is 9.47 Å². The van der Waals surface area contributed by atoms with Crippen molar-refractivity contribution in [3.8, 4) is 5.75 Å². The zero-order valence-electron chi connectivity index (χ0n) is 9.12. The zero-order valence-corrected chi connectivity index (χ0v) is 9.12. The first-order valence-corrected chi connectivity index (χ1v) is 5.35. The van der Waals surface area contributed by atoms with Gasteiger partial charge in [-0.3, -0.25) is 4.79 Å². The predicted octanol–water partition coefficient (Wildman–Crippen LogP) is 1.95. The Balaban J connectivity index is 1.95. The fourth-order valence-corrected chi connectivity index (χ4v) is 1.67. The van der Waals surface area contributed by atoms with E-state index in [2.05, 4.69) is 0 Å². The zero-order chi connectivity index (χ0) is 12.3. The van der Waals surface area contributed by atoms with Crippen LogP contribution in [-0.4, -0.2) is 25.6 Å². The summed E-state index contributed by atoms with van der Waals surface area (Å²) in [6.07, 6.45) is 0.641. The third-order valence-electron chi connectivity index (χ3n) is 2.66. The summed E-state index contributed by atoms with van der Waals surface area (Å²) in [5.74, 6) is -2.52. The molecule has 0 aromatic heterocycles. The highest BCUT2D eigenvalue weighted by Gasteiger charge is 2.24. The number of hydrogen-bond acceptors (Lipinski definition) is 3. The van der Waals surface area contributed by atoms with E-state index in [4.69, 9.17) is 9.47 Å². The van der Waals surface area contributed by atoms with Crippen molar-refractivity contribution in [2.75, 3.05) is 19.8 Å². The Morgan fingerprint density at radius 3 is 2.71 bits per heavy atom. The Morgan fingerprint density at radius 2 is 2.12 bits per heavy atom. The van der Waals surface area contributed by atoms with E-state index in [1.807, 2.05) is 0 Å². The van der Waals surface area contributed by atoms with E-state index in [1.54, 1.807) is 0 Å². The monoisotopic (exact) mass is 242 g/mol. The smallest absolute Gasteiger partial charge is 0.191 e. The van der Waals surface area contributed by atoms with Crippen LogP contribution < -0.4 is 4.74 Å². The predicted molar refractivity (Wildman–Crippen MR) is 55.8 cm³/mol. The molecular formula is C12H12F2O3. The molecule has 1 aromatic rings. The number of ether oxygens (including phenoxy) is 2. The van der Waals surface area contributed by atoms with Gasteiger partial charge in [-0.25, -0.2) is 8.78 Å². The van der Waals surface area contributed by atoms with Crippen molar-refractivity contribution >= 4 is 5.78 Å². The molecule has 17 heavy (non-hydrogen) atoms. The molecule has 1 aliphatic rings. The van der Waals surface area contributed by atoms with Crippen LogP contribution in [0.3, 0.4) is 0 Å². The molecular weight excluding hydrogens is 230 g/mol. The molecule has 0 spiro atoms. The first kappa shape index (κ1) is 12.0. The number of carbonyl (C=O) groups excluding carboxylic acids is 1. The number of Topliss-reactive ketones (excluding diaryl/α,β-unsaturated/α-hetero) is 1. The molecule has 1 aromatic carbocycles. The average Bonchev–Trinajstić information content (AvgIpc) is 2.81. The number of hydrogen-bond donors (Lipinski definition) is 0. The molecule has 1 heterocycles. The number of para-hydroxylation sites is 1. The number of carbonyl (C=O) groups is 1. The molecule has 1 atom stereocenters. The van der Waals surface area contributed by atoms with E-state index < -0.39 is 17.4 Å². The fourth-order valence-electron chi connectivity index (χ4n) is 1.67. The van der Waals surface area contributed by atoms with Gasteiger partial charge in [0.25, 0.3) is 0 Å². The van der Waals surface area contributed by atoms with Crippen molar-refractivity contribution in [3.05, 3.63) is 29.8 Å². The first-order chi connectivity index (χ1) is 8.18. The summed E-state index contributed by atoms with van der Waals surface area (Å²) >= 11 is 0. The molecule has 3 nitrogen and oxygen atoms in total. The maximum Gasteiger partial charge on any atom is 0.191 e. The van der Waals surface area contributed by atoms with Crippen LogP contribution in [0, 0.1) is 17.6 Å². The number of benzene rings is 1. The van der Waals surface area contributed by atoms with Gasteiger partial charge in [0.1, 0.15) is 6.61 Å². The topological polar surface area (TPSA) is 35.5 Å². The lowest BCUT2D eigenvalue weighted by Crippen LogP contribution is -2.22. The first-order valence-electron chi connectivity index (χ1n) is 5.35. The SMILES string of the molecule is O=C(COc1c(F)cccc1F)C1CCOC1. The highest BCUT2D eigenvalue weighted by molar-refractivity contribution is 5.82. The lowest BCUT2D eigenvalue weighted by atomic mass is 10.0. The third kappa shape index (κ3) is 2.79. The van der Waals surface area contributed by atoms with E-state index >= 15 is 0 Å². The minimum Gasteiger partial charge on any atom is -0.480 e. The summed E-state index contributed by atoms with van der Waals surface area (Å²) in [6.45, 7) is 0.582. The second-order valence-electron chi connectivity index (χ2n) is 3.87. The van der Waals surface area contributed by atoms with E-state index in [-0.39, 0.29) is 18.3 Å². The van der Waals surface area contributed by atoms with Gasteiger partial charge in [-0.15, -0.1) is 0 Å². The molecule has 0 bridgehead atoms. The standard InChI is InChI=1S/C12H12F2O3/c13-9-2-1-3-10(14)12(9)17-7-11(15)8-4-5-16-6-8/h1-3,8H,4-7H2. The Morgan fingerprint density at radius 1 is 1.41 bits per heavy atom. The molecule has 5 heteroatoms. The van der Waals surface area contributed by atoms with Crippen molar-refractivity contribution in [1.29, 1.82) is 0 Å². The number of halogens is 2. The van der Waals surface area contributed by atoms with Crippen LogP contribution in [-0.2, 0) is 9.53 Å². The summed E-state index contributed by atoms with van der Waals surface area (Å²) in [5.41, 5.74) is 0. The van der Waals surface area contributed by atoms with Crippen molar-refractivity contribution in [3.63, 3.8) is 0 Å². The summed E-state index contributed by atoms with van der Waals surface area (Å²) in [6, 6.07) is 3.41. The highest BCUT2D eigenvalue weighted by atomic mass is 19.1. The Hall–Kier alpha value is -1.49. The molecule has 1 fully saturated rings. The molecule has 92 valence electrons. The van der Waals surface area contributed by atoms with Crippen LogP contribution in [0.5, 0.6) is 5.75 Å². The van der Waals surface area contributed by atoms with E-state index in [0.717, 1.165) is 12.1 Å². The molecule has 1 aliphatic heterocycles. The van der Waals surface area contributed by atoms with E-state index in [9.17, 15) is 13.6 Å². The lowest BCUT2D eigenvalue weighted by molar-refractivity contribution is -0.124. The van der Waals surface area contributed by atoms with Gasteiger partial charge in [0, 0.05) is 12.5 Å².